The van der Waals surface area contributed by atoms with Crippen molar-refractivity contribution in [2.24, 2.45) is 0 Å². The van der Waals surface area contributed by atoms with Crippen molar-refractivity contribution >= 4 is 5.91 Å². The molecular formula is C19H17FN4O2. The molecule has 26 heavy (non-hydrogen) atoms. The van der Waals surface area contributed by atoms with Crippen LogP contribution in [0.2, 0.25) is 0 Å². The van der Waals surface area contributed by atoms with Crippen molar-refractivity contribution in [3.63, 3.8) is 0 Å². The molecule has 2 aromatic carbocycles. The number of amides is 1. The number of aromatic nitrogens is 3. The number of rotatable bonds is 3. The number of carbonyl (C=O) groups excluding carboxylic acids is 1. The Morgan fingerprint density at radius 1 is 1.08 bits per heavy atom. The predicted molar refractivity (Wildman–Crippen MR) is 93.9 cm³/mol. The van der Waals surface area contributed by atoms with Gasteiger partial charge in [0.05, 0.1) is 13.2 Å². The molecule has 0 unspecified atom stereocenters. The van der Waals surface area contributed by atoms with Crippen LogP contribution in [0.15, 0.2) is 48.5 Å². The lowest BCUT2D eigenvalue weighted by Gasteiger charge is -2.26. The third kappa shape index (κ3) is 3.34. The zero-order valence-corrected chi connectivity index (χ0v) is 14.0. The van der Waals surface area contributed by atoms with Gasteiger partial charge in [-0.1, -0.05) is 24.3 Å². The van der Waals surface area contributed by atoms with Crippen LogP contribution in [0.1, 0.15) is 10.4 Å². The number of benzene rings is 2. The zero-order valence-electron chi connectivity index (χ0n) is 14.0. The maximum absolute atomic E-state index is 13.4. The average molecular weight is 352 g/mol. The van der Waals surface area contributed by atoms with E-state index >= 15 is 0 Å². The number of hydrogen-bond acceptors (Lipinski definition) is 4. The van der Waals surface area contributed by atoms with Crippen LogP contribution in [-0.2, 0) is 4.74 Å². The molecule has 0 atom stereocenters. The van der Waals surface area contributed by atoms with Gasteiger partial charge in [-0.3, -0.25) is 9.89 Å². The number of hydrogen-bond donors (Lipinski definition) is 1. The SMILES string of the molecule is O=C(c1cccc(-c2nc(-c3cccc(F)c3)n[nH]2)c1)N1CCOCC1. The summed E-state index contributed by atoms with van der Waals surface area (Å²) in [7, 11) is 0. The first-order valence-electron chi connectivity index (χ1n) is 8.36. The number of ether oxygens (including phenoxy) is 1. The molecule has 1 saturated heterocycles. The van der Waals surface area contributed by atoms with E-state index in [1.165, 1.54) is 12.1 Å². The molecule has 0 saturated carbocycles. The van der Waals surface area contributed by atoms with Gasteiger partial charge in [0, 0.05) is 29.8 Å². The number of morpholine rings is 1. The minimum atomic E-state index is -0.341. The topological polar surface area (TPSA) is 71.1 Å². The van der Waals surface area contributed by atoms with E-state index in [2.05, 4.69) is 15.2 Å². The van der Waals surface area contributed by atoms with Gasteiger partial charge >= 0.3 is 0 Å². The molecule has 0 spiro atoms. The van der Waals surface area contributed by atoms with E-state index in [9.17, 15) is 9.18 Å². The first kappa shape index (κ1) is 16.4. The Bertz CT molecular complexity index is 935. The molecule has 4 rings (SSSR count). The molecule has 1 aliphatic rings. The molecule has 0 aliphatic carbocycles. The summed E-state index contributed by atoms with van der Waals surface area (Å²) >= 11 is 0. The molecule has 132 valence electrons. The van der Waals surface area contributed by atoms with Gasteiger partial charge in [-0.15, -0.1) is 0 Å². The Morgan fingerprint density at radius 3 is 2.65 bits per heavy atom. The number of H-pyrrole nitrogens is 1. The summed E-state index contributed by atoms with van der Waals surface area (Å²) in [5.74, 6) is 0.567. The fourth-order valence-corrected chi connectivity index (χ4v) is 2.90. The van der Waals surface area contributed by atoms with Crippen LogP contribution in [0.4, 0.5) is 4.39 Å². The molecule has 0 bridgehead atoms. The molecule has 7 heteroatoms. The van der Waals surface area contributed by atoms with Crippen molar-refractivity contribution < 1.29 is 13.9 Å². The molecule has 1 fully saturated rings. The highest BCUT2D eigenvalue weighted by Gasteiger charge is 2.19. The molecule has 6 nitrogen and oxygen atoms in total. The Hall–Kier alpha value is -3.06. The minimum absolute atomic E-state index is 0.0278. The van der Waals surface area contributed by atoms with Crippen molar-refractivity contribution in [2.45, 2.75) is 0 Å². The van der Waals surface area contributed by atoms with Crippen LogP contribution < -0.4 is 0 Å². The third-order valence-electron chi connectivity index (χ3n) is 4.25. The quantitative estimate of drug-likeness (QED) is 0.787. The zero-order chi connectivity index (χ0) is 17.9. The van der Waals surface area contributed by atoms with Crippen LogP contribution in [0, 0.1) is 5.82 Å². The van der Waals surface area contributed by atoms with E-state index in [0.717, 1.165) is 5.56 Å². The lowest BCUT2D eigenvalue weighted by molar-refractivity contribution is 0.0303. The van der Waals surface area contributed by atoms with Crippen molar-refractivity contribution in [1.82, 2.24) is 20.1 Å². The number of halogens is 1. The van der Waals surface area contributed by atoms with Gasteiger partial charge in [0.2, 0.25) is 0 Å². The van der Waals surface area contributed by atoms with Gasteiger partial charge in [0.25, 0.3) is 5.91 Å². The van der Waals surface area contributed by atoms with E-state index in [-0.39, 0.29) is 11.7 Å². The molecule has 1 N–H and O–H groups in total. The molecule has 3 aromatic rings. The lowest BCUT2D eigenvalue weighted by atomic mass is 10.1. The highest BCUT2D eigenvalue weighted by atomic mass is 19.1. The lowest BCUT2D eigenvalue weighted by Crippen LogP contribution is -2.40. The highest BCUT2D eigenvalue weighted by molar-refractivity contribution is 5.95. The van der Waals surface area contributed by atoms with Gasteiger partial charge in [0.15, 0.2) is 11.6 Å². The number of carbonyl (C=O) groups is 1. The van der Waals surface area contributed by atoms with Crippen molar-refractivity contribution in [2.75, 3.05) is 26.3 Å². The van der Waals surface area contributed by atoms with Crippen LogP contribution in [0.3, 0.4) is 0 Å². The molecule has 1 amide bonds. The number of nitrogens with zero attached hydrogens (tertiary/aromatic N) is 3. The molecular weight excluding hydrogens is 335 g/mol. The Labute approximate surface area is 149 Å². The average Bonchev–Trinajstić information content (AvgIpc) is 3.19. The fourth-order valence-electron chi connectivity index (χ4n) is 2.90. The number of aromatic amines is 1. The first-order valence-corrected chi connectivity index (χ1v) is 8.36. The van der Waals surface area contributed by atoms with Crippen molar-refractivity contribution in [1.29, 1.82) is 0 Å². The second-order valence-corrected chi connectivity index (χ2v) is 6.00. The van der Waals surface area contributed by atoms with Crippen LogP contribution in [0.5, 0.6) is 0 Å². The van der Waals surface area contributed by atoms with Gasteiger partial charge in [0.1, 0.15) is 5.82 Å². The second kappa shape index (κ2) is 7.05. The van der Waals surface area contributed by atoms with E-state index in [4.69, 9.17) is 4.74 Å². The first-order chi connectivity index (χ1) is 12.7. The molecule has 2 heterocycles. The summed E-state index contributed by atoms with van der Waals surface area (Å²) in [4.78, 5) is 18.8. The van der Waals surface area contributed by atoms with Crippen LogP contribution >= 0.6 is 0 Å². The fraction of sp³-hybridized carbons (Fsp3) is 0.211. The monoisotopic (exact) mass is 352 g/mol. The summed E-state index contributed by atoms with van der Waals surface area (Å²) in [6.45, 7) is 2.30. The normalized spacial score (nSPS) is 14.4. The van der Waals surface area contributed by atoms with Crippen LogP contribution in [0.25, 0.3) is 22.8 Å². The van der Waals surface area contributed by atoms with Crippen molar-refractivity contribution in [3.8, 4) is 22.8 Å². The van der Waals surface area contributed by atoms with Gasteiger partial charge < -0.3 is 9.64 Å². The number of nitrogens with one attached hydrogen (secondary N) is 1. The van der Waals surface area contributed by atoms with E-state index in [1.807, 2.05) is 12.1 Å². The molecule has 1 aromatic heterocycles. The maximum atomic E-state index is 13.4. The summed E-state index contributed by atoms with van der Waals surface area (Å²) in [5.41, 5.74) is 1.93. The minimum Gasteiger partial charge on any atom is -0.378 e. The van der Waals surface area contributed by atoms with Gasteiger partial charge in [-0.2, -0.15) is 5.10 Å². The Morgan fingerprint density at radius 2 is 1.85 bits per heavy atom. The second-order valence-electron chi connectivity index (χ2n) is 6.00. The maximum Gasteiger partial charge on any atom is 0.254 e. The Kier molecular flexibility index (Phi) is 4.45. The summed E-state index contributed by atoms with van der Waals surface area (Å²) < 4.78 is 18.7. The standard InChI is InChI=1S/C19H17FN4O2/c20-16-6-2-4-14(12-16)18-21-17(22-23-18)13-3-1-5-15(11-13)19(25)24-7-9-26-10-8-24/h1-6,11-12H,7-10H2,(H,21,22,23). The summed E-state index contributed by atoms with van der Waals surface area (Å²) in [5, 5.41) is 7.01. The predicted octanol–water partition coefficient (Wildman–Crippen LogP) is 2.75. The highest BCUT2D eigenvalue weighted by Crippen LogP contribution is 2.22. The van der Waals surface area contributed by atoms with E-state index in [0.29, 0.717) is 49.1 Å². The molecule has 1 aliphatic heterocycles. The van der Waals surface area contributed by atoms with E-state index < -0.39 is 0 Å². The molecule has 0 radical (unpaired) electrons. The third-order valence-corrected chi connectivity index (χ3v) is 4.25. The summed E-state index contributed by atoms with van der Waals surface area (Å²) in [6.07, 6.45) is 0. The van der Waals surface area contributed by atoms with E-state index in [1.54, 1.807) is 29.2 Å². The van der Waals surface area contributed by atoms with Gasteiger partial charge in [-0.05, 0) is 24.3 Å². The largest absolute Gasteiger partial charge is 0.378 e. The van der Waals surface area contributed by atoms with Gasteiger partial charge in [-0.25, -0.2) is 9.37 Å². The van der Waals surface area contributed by atoms with Crippen molar-refractivity contribution in [3.05, 3.63) is 59.9 Å². The summed E-state index contributed by atoms with van der Waals surface area (Å²) in [6, 6.07) is 13.3. The smallest absolute Gasteiger partial charge is 0.254 e. The van der Waals surface area contributed by atoms with Crippen LogP contribution in [-0.4, -0.2) is 52.3 Å². The Balaban J connectivity index is 1.60.